The Labute approximate surface area is 555 Å². The first-order chi connectivity index (χ1) is 44.1. The SMILES string of the molecule is CC(C)C(=O)NCC[C@@H]1NC(=O)C2=CC3=C4CCCC4=C4C=C(S[C@]4(C)[C@@]3(C)S2)C(=O)[C@H]2CCCN2C(=O)[C@H](C(C)C)NC(=O)[C@H](CCCN)NC(=O)[C@H](C(C)C)NC(=O)[C@@H]2CCCN2C(=O)[C@@H](Cc2ccccc2)NC(=O)[C@H](C(C)C)NC(=O)[C@H](CCCN)NC1=O. The molecule has 4 fully saturated rings. The lowest BCUT2D eigenvalue weighted by atomic mass is 9.72. The van der Waals surface area contributed by atoms with Gasteiger partial charge in [-0.15, -0.1) is 23.5 Å². The van der Waals surface area contributed by atoms with Crippen molar-refractivity contribution < 1.29 is 52.7 Å². The van der Waals surface area contributed by atoms with E-state index >= 15 is 9.59 Å². The van der Waals surface area contributed by atoms with Gasteiger partial charge < -0.3 is 63.8 Å². The standard InChI is InChI=1S/C68H98N12O11S2/c1-36(2)53-64(89)75-48(33-40-19-12-11-13-20-40)65(90)80-32-18-26-50(80)61(86)77-54(37(3)4)63(88)74-46(24-16-29-70)60(85)78-55(38(5)6)66(91)79-31-17-25-49(79)56(81)51-34-43-41-21-14-22-42(41)44-35-52(93-68(44,10)67(43,9)92-51)62(87)73-47(27-30-71-57(82)39(7)8)58(83)72-45(23-15-28-69)59(84)76-53/h11-13,19-20,34-39,45-50,53-55H,14-18,21-33,69-70H2,1-10H3,(H,71,82)(H,72,83)(H,73,87)(H,74,88)(H,75,89)(H,76,84)(H,77,86)(H,78,85)/t45-,46-,47-,48+,49+,50-,53-,54-,55-,67-,68-/m0/s1. The van der Waals surface area contributed by atoms with Crippen molar-refractivity contribution in [3.63, 3.8) is 0 Å². The van der Waals surface area contributed by atoms with Gasteiger partial charge in [-0.05, 0) is 162 Å². The molecular weight excluding hydrogens is 1220 g/mol. The summed E-state index contributed by atoms with van der Waals surface area (Å²) in [4.78, 5) is 165. The summed E-state index contributed by atoms with van der Waals surface area (Å²) >= 11 is 2.77. The maximum Gasteiger partial charge on any atom is 0.258 e. The number of Topliss-reactive ketones (excluding diaryl/α,β-unsaturated/α-hetero) is 1. The fourth-order valence-electron chi connectivity index (χ4n) is 13.7. The van der Waals surface area contributed by atoms with Crippen LogP contribution >= 0.6 is 23.5 Å². The maximum absolute atomic E-state index is 15.2. The van der Waals surface area contributed by atoms with Crippen molar-refractivity contribution in [3.05, 3.63) is 80.2 Å². The van der Waals surface area contributed by atoms with E-state index < -0.39 is 135 Å². The highest BCUT2D eigenvalue weighted by Crippen LogP contribution is 2.68. The fourth-order valence-corrected chi connectivity index (χ4v) is 16.8. The predicted octanol–water partition coefficient (Wildman–Crippen LogP) is 3.37. The van der Waals surface area contributed by atoms with Crippen molar-refractivity contribution in [2.75, 3.05) is 32.7 Å². The molecular formula is C68H98N12O11S2. The Balaban J connectivity index is 1.16. The van der Waals surface area contributed by atoms with Crippen molar-refractivity contribution in [2.45, 2.75) is 217 Å². The van der Waals surface area contributed by atoms with E-state index in [0.717, 1.165) is 41.6 Å². The van der Waals surface area contributed by atoms with Crippen LogP contribution in [0.3, 0.4) is 0 Å². The molecule has 5 heterocycles. The Hall–Kier alpha value is -6.83. The van der Waals surface area contributed by atoms with Gasteiger partial charge in [-0.25, -0.2) is 0 Å². The lowest BCUT2D eigenvalue weighted by molar-refractivity contribution is -0.143. The van der Waals surface area contributed by atoms with Gasteiger partial charge in [0.05, 0.1) is 25.3 Å². The summed E-state index contributed by atoms with van der Waals surface area (Å²) in [6.45, 7) is 18.8. The highest BCUT2D eigenvalue weighted by atomic mass is 32.2. The first-order valence-electron chi connectivity index (χ1n) is 33.4. The van der Waals surface area contributed by atoms with E-state index in [1.165, 1.54) is 28.4 Å². The molecule has 11 atom stereocenters. The van der Waals surface area contributed by atoms with Crippen LogP contribution in [0.15, 0.2) is 74.6 Å². The number of allylic oxidation sites excluding steroid dienone is 4. The van der Waals surface area contributed by atoms with Crippen LogP contribution in [0.2, 0.25) is 0 Å². The van der Waals surface area contributed by atoms with Gasteiger partial charge in [-0.3, -0.25) is 52.7 Å². The van der Waals surface area contributed by atoms with Crippen LogP contribution in [0.1, 0.15) is 152 Å². The number of nitrogens with zero attached hydrogens (tertiary/aromatic N) is 2. The number of nitrogens with two attached hydrogens (primary N) is 2. The number of fused-ring (bicyclic) bond motifs is 5. The highest BCUT2D eigenvalue weighted by Gasteiger charge is 2.61. The summed E-state index contributed by atoms with van der Waals surface area (Å²) < 4.78 is -1.60. The molecule has 12 N–H and O–H groups in total. The van der Waals surface area contributed by atoms with Crippen LogP contribution in [0.4, 0.5) is 0 Å². The van der Waals surface area contributed by atoms with Gasteiger partial charge in [0, 0.05) is 32.0 Å². The third-order valence-corrected chi connectivity index (χ3v) is 22.6. The number of thioether (sulfide) groups is 2. The monoisotopic (exact) mass is 1320 g/mol. The summed E-state index contributed by atoms with van der Waals surface area (Å²) in [5, 5.41) is 23.1. The number of nitrogens with one attached hydrogen (secondary N) is 8. The predicted molar refractivity (Wildman–Crippen MR) is 358 cm³/mol. The van der Waals surface area contributed by atoms with E-state index in [0.29, 0.717) is 41.1 Å². The van der Waals surface area contributed by atoms with Gasteiger partial charge in [-0.2, -0.15) is 0 Å². The third kappa shape index (κ3) is 16.0. The van der Waals surface area contributed by atoms with Crippen LogP contribution in [-0.4, -0.2) is 171 Å². The Morgan fingerprint density at radius 3 is 1.55 bits per heavy atom. The molecule has 23 nitrogen and oxygen atoms in total. The first-order valence-corrected chi connectivity index (χ1v) is 35.1. The van der Waals surface area contributed by atoms with Gasteiger partial charge in [0.15, 0.2) is 5.78 Å². The molecule has 3 saturated heterocycles. The van der Waals surface area contributed by atoms with Crippen molar-refractivity contribution in [2.24, 2.45) is 35.1 Å². The van der Waals surface area contributed by atoms with E-state index in [-0.39, 0.29) is 88.9 Å². The lowest BCUT2D eigenvalue weighted by Crippen LogP contribution is -2.61. The van der Waals surface area contributed by atoms with Gasteiger partial charge >= 0.3 is 0 Å². The van der Waals surface area contributed by atoms with Crippen molar-refractivity contribution >= 4 is 88.4 Å². The van der Waals surface area contributed by atoms with E-state index in [1.54, 1.807) is 84.6 Å². The number of hydrogen-bond acceptors (Lipinski definition) is 15. The molecule has 7 aliphatic rings. The normalized spacial score (nSPS) is 29.8. The Morgan fingerprint density at radius 2 is 1.01 bits per heavy atom. The second kappa shape index (κ2) is 31.2. The summed E-state index contributed by atoms with van der Waals surface area (Å²) in [6.07, 6.45) is 8.43. The second-order valence-corrected chi connectivity index (χ2v) is 30.3. The van der Waals surface area contributed by atoms with Crippen molar-refractivity contribution in [1.29, 1.82) is 0 Å². The molecule has 1 saturated carbocycles. The van der Waals surface area contributed by atoms with Crippen LogP contribution in [0, 0.1) is 23.7 Å². The molecule has 508 valence electrons. The van der Waals surface area contributed by atoms with Gasteiger partial charge in [0.25, 0.3) is 5.91 Å². The molecule has 0 radical (unpaired) electrons. The Bertz CT molecular complexity index is 3200. The topological polar surface area (TPSA) is 343 Å². The minimum absolute atomic E-state index is 0.000991. The molecule has 0 aromatic heterocycles. The largest absolute Gasteiger partial charge is 0.356 e. The minimum atomic E-state index is -1.29. The van der Waals surface area contributed by atoms with Crippen molar-refractivity contribution in [3.8, 4) is 0 Å². The number of carbonyl (C=O) groups is 11. The molecule has 25 heteroatoms. The zero-order valence-corrected chi connectivity index (χ0v) is 57.3. The molecule has 0 spiro atoms. The number of benzene rings is 1. The Morgan fingerprint density at radius 1 is 0.548 bits per heavy atom. The van der Waals surface area contributed by atoms with E-state index in [9.17, 15) is 43.2 Å². The number of hydrogen-bond donors (Lipinski definition) is 10. The number of amides is 10. The minimum Gasteiger partial charge on any atom is -0.356 e. The number of carbonyl (C=O) groups excluding carboxylic acids is 11. The Kier molecular flexibility index (Phi) is 24.1. The van der Waals surface area contributed by atoms with Crippen LogP contribution in [-0.2, 0) is 59.2 Å². The van der Waals surface area contributed by atoms with E-state index in [1.807, 2.05) is 18.2 Å². The molecule has 1 aromatic carbocycles. The van der Waals surface area contributed by atoms with Crippen LogP contribution < -0.4 is 54.0 Å². The lowest BCUT2D eigenvalue weighted by Gasteiger charge is -2.47. The zero-order chi connectivity index (χ0) is 67.8. The molecule has 4 bridgehead atoms. The zero-order valence-electron chi connectivity index (χ0n) is 55.6. The van der Waals surface area contributed by atoms with E-state index in [4.69, 9.17) is 11.5 Å². The molecule has 10 amide bonds. The van der Waals surface area contributed by atoms with Crippen LogP contribution in [0.25, 0.3) is 0 Å². The van der Waals surface area contributed by atoms with Crippen molar-refractivity contribution in [1.82, 2.24) is 52.3 Å². The first kappa shape index (κ1) is 72.0. The van der Waals surface area contributed by atoms with Gasteiger partial charge in [0.2, 0.25) is 53.2 Å². The molecule has 2 aliphatic carbocycles. The smallest absolute Gasteiger partial charge is 0.258 e. The quantitative estimate of drug-likeness (QED) is 0.120. The van der Waals surface area contributed by atoms with Gasteiger partial charge in [-0.1, -0.05) is 85.7 Å². The molecule has 5 aliphatic heterocycles. The van der Waals surface area contributed by atoms with Gasteiger partial charge in [0.1, 0.15) is 48.3 Å². The third-order valence-electron chi connectivity index (χ3n) is 19.3. The summed E-state index contributed by atoms with van der Waals surface area (Å²) in [6, 6.07) is -1.48. The van der Waals surface area contributed by atoms with E-state index in [2.05, 4.69) is 56.4 Å². The second-order valence-electron chi connectivity index (χ2n) is 27.4. The summed E-state index contributed by atoms with van der Waals surface area (Å²) in [7, 11) is 0. The highest BCUT2D eigenvalue weighted by molar-refractivity contribution is 8.10. The summed E-state index contributed by atoms with van der Waals surface area (Å²) in [5.74, 6) is -8.11. The molecule has 8 rings (SSSR count). The molecule has 1 aromatic rings. The van der Waals surface area contributed by atoms with Crippen LogP contribution in [0.5, 0.6) is 0 Å². The fraction of sp³-hybridized carbons (Fsp3) is 0.632. The molecule has 93 heavy (non-hydrogen) atoms. The number of rotatable bonds is 15. The summed E-state index contributed by atoms with van der Waals surface area (Å²) in [5.41, 5.74) is 16.8. The average molecular weight is 1320 g/mol. The average Bonchev–Trinajstić information content (AvgIpc) is 1.54. The molecule has 0 unspecified atom stereocenters. The maximum atomic E-state index is 15.2. The number of ketones is 1.